The lowest BCUT2D eigenvalue weighted by Crippen LogP contribution is -2.17. The molecule has 0 radical (unpaired) electrons. The zero-order valence-corrected chi connectivity index (χ0v) is 19.7. The van der Waals surface area contributed by atoms with Gasteiger partial charge in [0.15, 0.2) is 17.3 Å². The number of aromatic nitrogens is 4. The largest absolute Gasteiger partial charge is 0.504 e. The Morgan fingerprint density at radius 1 is 1.12 bits per heavy atom. The molecule has 0 saturated carbocycles. The van der Waals surface area contributed by atoms with Crippen molar-refractivity contribution in [2.45, 2.75) is 26.2 Å². The highest BCUT2D eigenvalue weighted by Gasteiger charge is 2.27. The first-order chi connectivity index (χ1) is 15.2. The van der Waals surface area contributed by atoms with E-state index in [1.807, 2.05) is 13.8 Å². The van der Waals surface area contributed by atoms with Crippen LogP contribution in [-0.4, -0.2) is 32.0 Å². The van der Waals surface area contributed by atoms with E-state index in [0.717, 1.165) is 5.56 Å². The predicted octanol–water partition coefficient (Wildman–Crippen LogP) is 5.45. The number of rotatable bonds is 5. The van der Waals surface area contributed by atoms with Crippen LogP contribution in [0, 0.1) is 0 Å². The van der Waals surface area contributed by atoms with Gasteiger partial charge in [0.25, 0.3) is 5.56 Å². The van der Waals surface area contributed by atoms with Gasteiger partial charge in [-0.05, 0) is 35.7 Å². The number of aromatic hydroxyl groups is 1. The standard InChI is InChI=1S/C22H19Cl3N4O3/c1-10(2)19-18-21(29(28-19)20-13(24)8-12(23)9-14(20)25)26-17(27-22(18)31)7-11-4-5-16(32-3)15(30)6-11/h4-6,8-10,28,30H,7H2,1-3H3. The van der Waals surface area contributed by atoms with Gasteiger partial charge in [-0.2, -0.15) is 4.98 Å². The third kappa shape index (κ3) is 4.03. The minimum atomic E-state index is -0.414. The summed E-state index contributed by atoms with van der Waals surface area (Å²) in [5.74, 6) is 0.979. The van der Waals surface area contributed by atoms with Crippen LogP contribution in [0.25, 0.3) is 17.1 Å². The lowest BCUT2D eigenvalue weighted by molar-refractivity contribution is 0.373. The van der Waals surface area contributed by atoms with Gasteiger partial charge in [-0.15, -0.1) is 0 Å². The molecule has 0 aliphatic carbocycles. The smallest absolute Gasteiger partial charge is 0.284 e. The van der Waals surface area contributed by atoms with Crippen LogP contribution in [0.15, 0.2) is 35.1 Å². The molecule has 0 spiro atoms. The van der Waals surface area contributed by atoms with Crippen molar-refractivity contribution < 1.29 is 9.84 Å². The second-order valence-corrected chi connectivity index (χ2v) is 8.81. The quantitative estimate of drug-likeness (QED) is 0.386. The summed E-state index contributed by atoms with van der Waals surface area (Å²) in [6.45, 7) is 3.91. The zero-order valence-electron chi connectivity index (χ0n) is 17.4. The first-order valence-electron chi connectivity index (χ1n) is 9.72. The third-order valence-electron chi connectivity index (χ3n) is 5.00. The van der Waals surface area contributed by atoms with Crippen molar-refractivity contribution in [2.24, 2.45) is 0 Å². The van der Waals surface area contributed by atoms with Gasteiger partial charge < -0.3 is 9.84 Å². The van der Waals surface area contributed by atoms with Crippen LogP contribution in [0.5, 0.6) is 11.5 Å². The van der Waals surface area contributed by atoms with Crippen molar-refractivity contribution >= 4 is 34.8 Å². The molecule has 2 aromatic carbocycles. The summed E-state index contributed by atoms with van der Waals surface area (Å²) in [7, 11) is 1.47. The molecule has 7 nitrogen and oxygen atoms in total. The van der Waals surface area contributed by atoms with Crippen LogP contribution in [-0.2, 0) is 6.42 Å². The van der Waals surface area contributed by atoms with E-state index in [4.69, 9.17) is 39.5 Å². The fraction of sp³-hybridized carbons (Fsp3) is 0.227. The van der Waals surface area contributed by atoms with E-state index in [9.17, 15) is 9.90 Å². The fourth-order valence-corrected chi connectivity index (χ4v) is 4.52. The molecule has 2 aliphatic rings. The molecule has 4 rings (SSSR count). The van der Waals surface area contributed by atoms with E-state index in [1.54, 1.807) is 35.0 Å². The Bertz CT molecular complexity index is 1320. The molecule has 2 aromatic rings. The molecule has 0 saturated heterocycles. The summed E-state index contributed by atoms with van der Waals surface area (Å²) in [6, 6.07) is 8.10. The number of nitrogens with one attached hydrogen (secondary N) is 1. The third-order valence-corrected chi connectivity index (χ3v) is 5.80. The fourth-order valence-electron chi connectivity index (χ4n) is 3.53. The molecule has 32 heavy (non-hydrogen) atoms. The summed E-state index contributed by atoms with van der Waals surface area (Å²) in [5, 5.41) is 14.3. The zero-order chi connectivity index (χ0) is 23.2. The molecule has 2 heterocycles. The first kappa shape index (κ1) is 22.5. The Labute approximate surface area is 198 Å². The maximum atomic E-state index is 13.0. The summed E-state index contributed by atoms with van der Waals surface area (Å²) < 4.78 is 6.66. The highest BCUT2D eigenvalue weighted by molar-refractivity contribution is 6.40. The summed E-state index contributed by atoms with van der Waals surface area (Å²) in [4.78, 5) is 21.8. The van der Waals surface area contributed by atoms with E-state index in [-0.39, 0.29) is 23.9 Å². The van der Waals surface area contributed by atoms with Crippen molar-refractivity contribution in [3.8, 4) is 28.6 Å². The molecule has 0 aromatic heterocycles. The van der Waals surface area contributed by atoms with E-state index in [1.165, 1.54) is 7.11 Å². The molecule has 0 fully saturated rings. The topological polar surface area (TPSA) is 93.0 Å². The van der Waals surface area contributed by atoms with Crippen LogP contribution in [0.2, 0.25) is 15.1 Å². The number of hydrogen-bond donors (Lipinski definition) is 2. The second-order valence-electron chi connectivity index (χ2n) is 7.56. The van der Waals surface area contributed by atoms with Crippen molar-refractivity contribution in [1.82, 2.24) is 19.7 Å². The van der Waals surface area contributed by atoms with Crippen molar-refractivity contribution in [3.05, 3.63) is 72.8 Å². The Morgan fingerprint density at radius 3 is 2.41 bits per heavy atom. The molecular weight excluding hydrogens is 475 g/mol. The van der Waals surface area contributed by atoms with Crippen LogP contribution < -0.4 is 10.3 Å². The number of methoxy groups -OCH3 is 1. The number of halogens is 3. The average molecular weight is 494 g/mol. The van der Waals surface area contributed by atoms with Crippen LogP contribution >= 0.6 is 34.8 Å². The van der Waals surface area contributed by atoms with Gasteiger partial charge in [0.05, 0.1) is 22.8 Å². The molecule has 0 bridgehead atoms. The summed E-state index contributed by atoms with van der Waals surface area (Å²) >= 11 is 19.0. The number of aromatic amines is 1. The second kappa shape index (κ2) is 8.65. The molecule has 10 heteroatoms. The maximum absolute atomic E-state index is 13.0. The number of benzene rings is 2. The minimum absolute atomic E-state index is 0.00745. The monoisotopic (exact) mass is 492 g/mol. The number of phenolic OH excluding ortho intramolecular Hbond substituents is 1. The van der Waals surface area contributed by atoms with Gasteiger partial charge in [-0.1, -0.05) is 54.7 Å². The average Bonchev–Trinajstić information content (AvgIpc) is 3.07. The van der Waals surface area contributed by atoms with Gasteiger partial charge in [0, 0.05) is 11.4 Å². The number of ether oxygens (including phenoxy) is 1. The van der Waals surface area contributed by atoms with Crippen molar-refractivity contribution in [1.29, 1.82) is 0 Å². The number of fused-ring (bicyclic) bond motifs is 1. The summed E-state index contributed by atoms with van der Waals surface area (Å²) in [5.41, 5.74) is 1.77. The molecule has 0 atom stereocenters. The Hall–Kier alpha value is -2.74. The number of phenols is 1. The summed E-state index contributed by atoms with van der Waals surface area (Å²) in [6.07, 6.45) is 0.229. The van der Waals surface area contributed by atoms with Gasteiger partial charge >= 0.3 is 0 Å². The Morgan fingerprint density at radius 2 is 1.81 bits per heavy atom. The number of hydrogen-bond acceptors (Lipinski definition) is 5. The van der Waals surface area contributed by atoms with E-state index in [0.29, 0.717) is 43.6 Å². The molecule has 0 amide bonds. The lowest BCUT2D eigenvalue weighted by atomic mass is 10.1. The van der Waals surface area contributed by atoms with Gasteiger partial charge in [-0.25, -0.2) is 9.67 Å². The molecule has 2 N–H and O–H groups in total. The SMILES string of the molecule is COc1ccc(Cc2nc3n(-c4c(Cl)cc(Cl)cc4Cl)[nH]c(C(C)C)c-3c(=O)n2)cc1O. The Kier molecular flexibility index (Phi) is 6.07. The predicted molar refractivity (Wildman–Crippen MR) is 125 cm³/mol. The highest BCUT2D eigenvalue weighted by Crippen LogP contribution is 2.36. The van der Waals surface area contributed by atoms with Crippen LogP contribution in [0.4, 0.5) is 0 Å². The van der Waals surface area contributed by atoms with E-state index >= 15 is 0 Å². The van der Waals surface area contributed by atoms with Gasteiger partial charge in [0.1, 0.15) is 17.1 Å². The molecule has 0 unspecified atom stereocenters. The van der Waals surface area contributed by atoms with E-state index < -0.39 is 5.56 Å². The maximum Gasteiger partial charge on any atom is 0.284 e. The van der Waals surface area contributed by atoms with Crippen molar-refractivity contribution in [3.63, 3.8) is 0 Å². The van der Waals surface area contributed by atoms with E-state index in [2.05, 4.69) is 15.1 Å². The number of nitrogens with zero attached hydrogens (tertiary/aromatic N) is 3. The molecule has 166 valence electrons. The van der Waals surface area contributed by atoms with Gasteiger partial charge in [0.2, 0.25) is 0 Å². The van der Waals surface area contributed by atoms with Crippen LogP contribution in [0.3, 0.4) is 0 Å². The van der Waals surface area contributed by atoms with Crippen LogP contribution in [0.1, 0.15) is 36.8 Å². The Balaban J connectivity index is 1.90. The molecule has 2 aliphatic heterocycles. The first-order valence-corrected chi connectivity index (χ1v) is 10.8. The van der Waals surface area contributed by atoms with Crippen molar-refractivity contribution in [2.75, 3.05) is 7.11 Å². The van der Waals surface area contributed by atoms with Gasteiger partial charge in [-0.3, -0.25) is 9.89 Å². The number of H-pyrrole nitrogens is 1. The highest BCUT2D eigenvalue weighted by atomic mass is 35.5. The minimum Gasteiger partial charge on any atom is -0.504 e. The molecular formula is C22H19Cl3N4O3. The lowest BCUT2D eigenvalue weighted by Gasteiger charge is -2.12. The normalized spacial score (nSPS) is 11.5.